The Kier molecular flexibility index (Phi) is 7.41. The molecule has 0 spiro atoms. The molecule has 0 bridgehead atoms. The second-order valence-electron chi connectivity index (χ2n) is 9.02. The van der Waals surface area contributed by atoms with Crippen molar-refractivity contribution in [1.29, 1.82) is 0 Å². The summed E-state index contributed by atoms with van der Waals surface area (Å²) >= 11 is 20.7. The highest BCUT2D eigenvalue weighted by Gasteiger charge is 2.30. The molecule has 10 heteroatoms. The van der Waals surface area contributed by atoms with Gasteiger partial charge in [-0.3, -0.25) is 4.57 Å². The molecule has 0 saturated heterocycles. The Bertz CT molecular complexity index is 1530. The first-order valence-corrected chi connectivity index (χ1v) is 13.5. The van der Waals surface area contributed by atoms with Crippen LogP contribution in [0.2, 0.25) is 15.1 Å². The van der Waals surface area contributed by atoms with E-state index in [1.54, 1.807) is 30.0 Å². The van der Waals surface area contributed by atoms with Crippen molar-refractivity contribution in [2.24, 2.45) is 15.4 Å². The Morgan fingerprint density at radius 1 is 0.946 bits per heavy atom. The summed E-state index contributed by atoms with van der Waals surface area (Å²) in [6.45, 7) is 4.65. The first-order chi connectivity index (χ1) is 17.7. The predicted molar refractivity (Wildman–Crippen MR) is 149 cm³/mol. The summed E-state index contributed by atoms with van der Waals surface area (Å²) < 4.78 is 15.8. The van der Waals surface area contributed by atoms with Crippen LogP contribution >= 0.6 is 46.6 Å². The number of hydrogen-bond acceptors (Lipinski definition) is 5. The Morgan fingerprint density at radius 2 is 1.73 bits per heavy atom. The summed E-state index contributed by atoms with van der Waals surface area (Å²) in [6.07, 6.45) is 1.85. The highest BCUT2D eigenvalue weighted by molar-refractivity contribution is 7.98. The van der Waals surface area contributed by atoms with Gasteiger partial charge in [0.05, 0.1) is 27.6 Å². The van der Waals surface area contributed by atoms with Gasteiger partial charge in [0, 0.05) is 27.4 Å². The number of hydrogen-bond donors (Lipinski definition) is 0. The minimum atomic E-state index is -0.480. The number of nitrogens with zero attached hydrogens (tertiary/aromatic N) is 5. The zero-order valence-electron chi connectivity index (χ0n) is 19.9. The molecule has 5 rings (SSSR count). The van der Waals surface area contributed by atoms with Gasteiger partial charge in [-0.05, 0) is 58.8 Å². The molecular weight excluding hydrogens is 552 g/mol. The quantitative estimate of drug-likeness (QED) is 0.208. The van der Waals surface area contributed by atoms with Crippen molar-refractivity contribution in [2.45, 2.75) is 30.2 Å². The lowest BCUT2D eigenvalue weighted by Gasteiger charge is -2.28. The number of imidazole rings is 1. The monoisotopic (exact) mass is 571 g/mol. The smallest absolute Gasteiger partial charge is 0.173 e. The SMILES string of the molecule is CC(C)(c1ccc(Cl)c(Cl)c1)c1cnc(SCc2ccc(C3=NN=NC3)cc2Cl)n1-c1ccc(F)cc1. The highest BCUT2D eigenvalue weighted by atomic mass is 35.5. The van der Waals surface area contributed by atoms with E-state index >= 15 is 0 Å². The third-order valence-corrected chi connectivity index (χ3v) is 8.38. The Labute approximate surface area is 233 Å². The molecule has 0 N–H and O–H groups in total. The molecule has 5 nitrogen and oxygen atoms in total. The molecule has 0 unspecified atom stereocenters. The van der Waals surface area contributed by atoms with Gasteiger partial charge in [0.25, 0.3) is 0 Å². The van der Waals surface area contributed by atoms with Gasteiger partial charge in [0.1, 0.15) is 12.4 Å². The van der Waals surface area contributed by atoms with E-state index in [-0.39, 0.29) is 5.82 Å². The van der Waals surface area contributed by atoms with E-state index in [2.05, 4.69) is 29.3 Å². The molecule has 1 aliphatic heterocycles. The number of benzene rings is 3. The van der Waals surface area contributed by atoms with Gasteiger partial charge in [-0.2, -0.15) is 5.11 Å². The molecule has 2 heterocycles. The lowest BCUT2D eigenvalue weighted by atomic mass is 9.81. The fourth-order valence-electron chi connectivity index (χ4n) is 4.10. The number of thioether (sulfide) groups is 1. The molecule has 188 valence electrons. The molecule has 0 fully saturated rings. The van der Waals surface area contributed by atoms with Crippen LogP contribution in [0, 0.1) is 5.82 Å². The minimum absolute atomic E-state index is 0.303. The fraction of sp³-hybridized carbons (Fsp3) is 0.185. The summed E-state index contributed by atoms with van der Waals surface area (Å²) in [4.78, 5) is 4.76. The largest absolute Gasteiger partial charge is 0.291 e. The van der Waals surface area contributed by atoms with Crippen LogP contribution in [0.15, 0.2) is 87.5 Å². The van der Waals surface area contributed by atoms with Crippen molar-refractivity contribution in [3.8, 4) is 5.69 Å². The zero-order chi connectivity index (χ0) is 26.2. The predicted octanol–water partition coefficient (Wildman–Crippen LogP) is 8.76. The first kappa shape index (κ1) is 25.9. The normalized spacial score (nSPS) is 13.3. The molecule has 4 aromatic rings. The molecule has 0 radical (unpaired) electrons. The van der Waals surface area contributed by atoms with E-state index in [9.17, 15) is 4.39 Å². The molecule has 3 aromatic carbocycles. The van der Waals surface area contributed by atoms with Crippen LogP contribution in [0.5, 0.6) is 0 Å². The van der Waals surface area contributed by atoms with Crippen molar-refractivity contribution in [2.75, 3.05) is 6.54 Å². The minimum Gasteiger partial charge on any atom is -0.291 e. The number of halogens is 4. The van der Waals surface area contributed by atoms with Crippen LogP contribution in [-0.4, -0.2) is 21.8 Å². The van der Waals surface area contributed by atoms with E-state index in [0.29, 0.717) is 27.4 Å². The molecule has 1 aromatic heterocycles. The van der Waals surface area contributed by atoms with Gasteiger partial charge in [0.15, 0.2) is 5.16 Å². The Balaban J connectivity index is 1.50. The average molecular weight is 573 g/mol. The number of aromatic nitrogens is 2. The van der Waals surface area contributed by atoms with Gasteiger partial charge in [-0.25, -0.2) is 9.37 Å². The van der Waals surface area contributed by atoms with Crippen molar-refractivity contribution in [3.05, 3.63) is 110 Å². The molecule has 37 heavy (non-hydrogen) atoms. The van der Waals surface area contributed by atoms with E-state index in [1.165, 1.54) is 12.1 Å². The maximum Gasteiger partial charge on any atom is 0.173 e. The van der Waals surface area contributed by atoms with Gasteiger partial charge in [-0.15, -0.1) is 5.10 Å². The van der Waals surface area contributed by atoms with Gasteiger partial charge in [-0.1, -0.05) is 78.6 Å². The topological polar surface area (TPSA) is 54.9 Å². The van der Waals surface area contributed by atoms with Crippen LogP contribution < -0.4 is 0 Å². The lowest BCUT2D eigenvalue weighted by molar-refractivity contribution is 0.591. The van der Waals surface area contributed by atoms with Crippen LogP contribution in [0.1, 0.15) is 36.2 Å². The molecule has 0 atom stereocenters. The van der Waals surface area contributed by atoms with Gasteiger partial charge < -0.3 is 0 Å². The van der Waals surface area contributed by atoms with Crippen molar-refractivity contribution < 1.29 is 4.39 Å². The second-order valence-corrected chi connectivity index (χ2v) is 11.2. The van der Waals surface area contributed by atoms with Crippen LogP contribution in [0.3, 0.4) is 0 Å². The van der Waals surface area contributed by atoms with Crippen molar-refractivity contribution >= 4 is 52.3 Å². The average Bonchev–Trinajstić information content (AvgIpc) is 3.56. The van der Waals surface area contributed by atoms with E-state index in [4.69, 9.17) is 39.8 Å². The Hall–Kier alpha value is -2.71. The second kappa shape index (κ2) is 10.6. The number of rotatable bonds is 7. The zero-order valence-corrected chi connectivity index (χ0v) is 23.0. The van der Waals surface area contributed by atoms with Gasteiger partial charge in [0.2, 0.25) is 0 Å². The maximum atomic E-state index is 13.8. The van der Waals surface area contributed by atoms with E-state index in [1.807, 2.05) is 41.1 Å². The summed E-state index contributed by atoms with van der Waals surface area (Å²) in [7, 11) is 0. The highest BCUT2D eigenvalue weighted by Crippen LogP contribution is 2.39. The van der Waals surface area contributed by atoms with Crippen LogP contribution in [0.4, 0.5) is 4.39 Å². The Morgan fingerprint density at radius 3 is 2.41 bits per heavy atom. The van der Waals surface area contributed by atoms with Gasteiger partial charge >= 0.3 is 0 Å². The standard InChI is InChI=1S/C27H21Cl3FN5S/c1-27(2,18-5-10-21(28)23(30)12-18)25-14-32-26(36(25)20-8-6-19(31)7-9-20)37-15-17-4-3-16(11-22(17)29)24-13-33-35-34-24/h3-12,14H,13,15H2,1-2H3. The fourth-order valence-corrected chi connectivity index (χ4v) is 5.72. The van der Waals surface area contributed by atoms with Crippen LogP contribution in [0.25, 0.3) is 5.69 Å². The summed E-state index contributed by atoms with van der Waals surface area (Å²) in [5.41, 5.74) is 4.89. The van der Waals surface area contributed by atoms with E-state index < -0.39 is 5.41 Å². The molecule has 0 aliphatic carbocycles. The third kappa shape index (κ3) is 5.32. The van der Waals surface area contributed by atoms with Crippen LogP contribution in [-0.2, 0) is 11.2 Å². The van der Waals surface area contributed by atoms with Crippen molar-refractivity contribution in [1.82, 2.24) is 9.55 Å². The summed E-state index contributed by atoms with van der Waals surface area (Å²) in [5.74, 6) is 0.285. The maximum absolute atomic E-state index is 13.8. The van der Waals surface area contributed by atoms with E-state index in [0.717, 1.165) is 38.9 Å². The third-order valence-electron chi connectivity index (χ3n) is 6.29. The lowest BCUT2D eigenvalue weighted by Crippen LogP contribution is -2.23. The molecular formula is C27H21Cl3FN5S. The molecule has 1 aliphatic rings. The summed E-state index contributed by atoms with van der Waals surface area (Å²) in [5, 5.41) is 14.0. The van der Waals surface area contributed by atoms with Crippen molar-refractivity contribution in [3.63, 3.8) is 0 Å². The first-order valence-electron chi connectivity index (χ1n) is 11.4. The summed E-state index contributed by atoms with van der Waals surface area (Å²) in [6, 6.07) is 17.8. The molecule has 0 amide bonds. The molecule has 0 saturated carbocycles.